The summed E-state index contributed by atoms with van der Waals surface area (Å²) < 4.78 is 5.09. The Morgan fingerprint density at radius 1 is 1.47 bits per heavy atom. The molecule has 1 aromatic rings. The van der Waals surface area contributed by atoms with E-state index < -0.39 is 6.09 Å². The molecule has 0 radical (unpaired) electrons. The first-order valence-electron chi connectivity index (χ1n) is 5.88. The lowest BCUT2D eigenvalue weighted by Gasteiger charge is -2.20. The number of ether oxygens (including phenoxy) is 1. The number of rotatable bonds is 6. The number of aliphatic hydroxyl groups is 1. The number of carbonyl (C=O) groups excluding carboxylic acids is 1. The van der Waals surface area contributed by atoms with E-state index in [1.54, 1.807) is 24.3 Å². The molecule has 0 saturated carbocycles. The van der Waals surface area contributed by atoms with Gasteiger partial charge in [0.2, 0.25) is 0 Å². The standard InChI is InChI=1S/C13H18ClNO3S/c1-9(12(7-16)19-2)15-13(17)18-8-10-3-5-11(14)6-4-10/h3-6,9,12,16H,7-8H2,1-2H3,(H,15,17)/t9-,12-/m1/s1. The van der Waals surface area contributed by atoms with Gasteiger partial charge < -0.3 is 15.2 Å². The molecule has 1 rings (SSSR count). The smallest absolute Gasteiger partial charge is 0.407 e. The molecule has 0 aliphatic rings. The molecule has 19 heavy (non-hydrogen) atoms. The first kappa shape index (κ1) is 16.1. The van der Waals surface area contributed by atoms with Gasteiger partial charge in [0.15, 0.2) is 0 Å². The van der Waals surface area contributed by atoms with Crippen LogP contribution in [0.3, 0.4) is 0 Å². The van der Waals surface area contributed by atoms with Crippen LogP contribution in [0.15, 0.2) is 24.3 Å². The van der Waals surface area contributed by atoms with Crippen LogP contribution < -0.4 is 5.32 Å². The summed E-state index contributed by atoms with van der Waals surface area (Å²) in [5.74, 6) is 0. The van der Waals surface area contributed by atoms with Gasteiger partial charge in [-0.3, -0.25) is 0 Å². The minimum absolute atomic E-state index is 0.0137. The van der Waals surface area contributed by atoms with Gasteiger partial charge >= 0.3 is 6.09 Å². The van der Waals surface area contributed by atoms with Crippen LogP contribution in [-0.4, -0.2) is 35.4 Å². The van der Waals surface area contributed by atoms with Crippen molar-refractivity contribution in [2.24, 2.45) is 0 Å². The van der Waals surface area contributed by atoms with E-state index in [2.05, 4.69) is 5.32 Å². The number of halogens is 1. The van der Waals surface area contributed by atoms with Crippen LogP contribution >= 0.6 is 23.4 Å². The number of thioether (sulfide) groups is 1. The number of benzene rings is 1. The maximum absolute atomic E-state index is 11.6. The molecule has 0 aliphatic heterocycles. The van der Waals surface area contributed by atoms with E-state index in [1.807, 2.05) is 13.2 Å². The third-order valence-corrected chi connectivity index (χ3v) is 4.08. The van der Waals surface area contributed by atoms with Gasteiger partial charge in [0, 0.05) is 16.3 Å². The van der Waals surface area contributed by atoms with Crippen molar-refractivity contribution in [2.75, 3.05) is 12.9 Å². The summed E-state index contributed by atoms with van der Waals surface area (Å²) >= 11 is 7.27. The number of nitrogens with one attached hydrogen (secondary N) is 1. The summed E-state index contributed by atoms with van der Waals surface area (Å²) in [4.78, 5) is 11.6. The van der Waals surface area contributed by atoms with E-state index in [-0.39, 0.29) is 24.5 Å². The fourth-order valence-corrected chi connectivity index (χ4v) is 2.24. The highest BCUT2D eigenvalue weighted by molar-refractivity contribution is 7.99. The number of amides is 1. The van der Waals surface area contributed by atoms with Crippen LogP contribution in [-0.2, 0) is 11.3 Å². The Morgan fingerprint density at radius 3 is 2.63 bits per heavy atom. The van der Waals surface area contributed by atoms with Gasteiger partial charge in [-0.15, -0.1) is 0 Å². The fourth-order valence-electron chi connectivity index (χ4n) is 1.49. The molecule has 1 amide bonds. The quantitative estimate of drug-likeness (QED) is 0.848. The fraction of sp³-hybridized carbons (Fsp3) is 0.462. The zero-order valence-electron chi connectivity index (χ0n) is 10.9. The molecule has 6 heteroatoms. The van der Waals surface area contributed by atoms with Crippen molar-refractivity contribution in [1.29, 1.82) is 0 Å². The molecule has 0 spiro atoms. The van der Waals surface area contributed by atoms with Crippen molar-refractivity contribution < 1.29 is 14.6 Å². The van der Waals surface area contributed by atoms with Crippen LogP contribution in [0.1, 0.15) is 12.5 Å². The van der Waals surface area contributed by atoms with E-state index >= 15 is 0 Å². The Kier molecular flexibility index (Phi) is 7.05. The lowest BCUT2D eigenvalue weighted by Crippen LogP contribution is -2.41. The van der Waals surface area contributed by atoms with E-state index in [4.69, 9.17) is 21.4 Å². The number of hydrogen-bond donors (Lipinski definition) is 2. The molecule has 106 valence electrons. The van der Waals surface area contributed by atoms with E-state index in [1.165, 1.54) is 11.8 Å². The Hall–Kier alpha value is -0.910. The first-order chi connectivity index (χ1) is 9.06. The third kappa shape index (κ3) is 5.72. The van der Waals surface area contributed by atoms with Gasteiger partial charge in [0.05, 0.1) is 6.61 Å². The van der Waals surface area contributed by atoms with Crippen molar-refractivity contribution in [3.05, 3.63) is 34.9 Å². The number of hydrogen-bond acceptors (Lipinski definition) is 4. The normalized spacial score (nSPS) is 13.7. The molecule has 0 bridgehead atoms. The second-order valence-corrected chi connectivity index (χ2v) is 5.61. The summed E-state index contributed by atoms with van der Waals surface area (Å²) in [5.41, 5.74) is 0.871. The van der Waals surface area contributed by atoms with Crippen molar-refractivity contribution in [3.63, 3.8) is 0 Å². The highest BCUT2D eigenvalue weighted by Crippen LogP contribution is 2.12. The monoisotopic (exact) mass is 303 g/mol. The molecule has 0 unspecified atom stereocenters. The topological polar surface area (TPSA) is 58.6 Å². The predicted molar refractivity (Wildman–Crippen MR) is 78.6 cm³/mol. The average molecular weight is 304 g/mol. The van der Waals surface area contributed by atoms with Gasteiger partial charge in [-0.25, -0.2) is 4.79 Å². The molecule has 0 saturated heterocycles. The van der Waals surface area contributed by atoms with E-state index in [0.29, 0.717) is 5.02 Å². The van der Waals surface area contributed by atoms with E-state index in [9.17, 15) is 4.79 Å². The molecule has 0 aromatic heterocycles. The second kappa shape index (κ2) is 8.30. The molecule has 0 aliphatic carbocycles. The Bertz CT molecular complexity index is 395. The van der Waals surface area contributed by atoms with Gasteiger partial charge in [-0.05, 0) is 30.9 Å². The molecule has 2 atom stereocenters. The zero-order valence-corrected chi connectivity index (χ0v) is 12.5. The lowest BCUT2D eigenvalue weighted by atomic mass is 10.2. The van der Waals surface area contributed by atoms with Crippen LogP contribution in [0.5, 0.6) is 0 Å². The minimum Gasteiger partial charge on any atom is -0.445 e. The summed E-state index contributed by atoms with van der Waals surface area (Å²) in [7, 11) is 0. The average Bonchev–Trinajstić information content (AvgIpc) is 2.39. The summed E-state index contributed by atoms with van der Waals surface area (Å²) in [6, 6.07) is 6.94. The molecule has 4 nitrogen and oxygen atoms in total. The van der Waals surface area contributed by atoms with Crippen LogP contribution in [0, 0.1) is 0 Å². The zero-order chi connectivity index (χ0) is 14.3. The molecule has 1 aromatic carbocycles. The van der Waals surface area contributed by atoms with Crippen LogP contribution in [0.4, 0.5) is 4.79 Å². The predicted octanol–water partition coefficient (Wildman–Crippen LogP) is 2.68. The third-order valence-electron chi connectivity index (χ3n) is 2.67. The Morgan fingerprint density at radius 2 is 2.11 bits per heavy atom. The molecule has 0 heterocycles. The van der Waals surface area contributed by atoms with Crippen molar-refractivity contribution in [2.45, 2.75) is 24.8 Å². The van der Waals surface area contributed by atoms with Crippen LogP contribution in [0.2, 0.25) is 5.02 Å². The van der Waals surface area contributed by atoms with Crippen molar-refractivity contribution in [1.82, 2.24) is 5.32 Å². The van der Waals surface area contributed by atoms with Crippen molar-refractivity contribution >= 4 is 29.5 Å². The van der Waals surface area contributed by atoms with Gasteiger partial charge in [-0.2, -0.15) is 11.8 Å². The maximum atomic E-state index is 11.6. The summed E-state index contributed by atoms with van der Waals surface area (Å²) in [6.45, 7) is 2.04. The van der Waals surface area contributed by atoms with Crippen molar-refractivity contribution in [3.8, 4) is 0 Å². The highest BCUT2D eigenvalue weighted by atomic mass is 35.5. The van der Waals surface area contributed by atoms with Gasteiger partial charge in [0.25, 0.3) is 0 Å². The number of carbonyl (C=O) groups is 1. The first-order valence-corrected chi connectivity index (χ1v) is 7.54. The Labute approximate surface area is 122 Å². The highest BCUT2D eigenvalue weighted by Gasteiger charge is 2.17. The molecule has 2 N–H and O–H groups in total. The van der Waals surface area contributed by atoms with E-state index in [0.717, 1.165) is 5.56 Å². The SMILES string of the molecule is CS[C@H](CO)[C@@H](C)NC(=O)OCc1ccc(Cl)cc1. The largest absolute Gasteiger partial charge is 0.445 e. The molecular weight excluding hydrogens is 286 g/mol. The number of alkyl carbamates (subject to hydrolysis) is 1. The summed E-state index contributed by atoms with van der Waals surface area (Å²) in [5, 5.41) is 12.4. The lowest BCUT2D eigenvalue weighted by molar-refractivity contribution is 0.135. The number of aliphatic hydroxyl groups excluding tert-OH is 1. The van der Waals surface area contributed by atoms with Gasteiger partial charge in [-0.1, -0.05) is 23.7 Å². The van der Waals surface area contributed by atoms with Crippen LogP contribution in [0.25, 0.3) is 0 Å². The second-order valence-electron chi connectivity index (χ2n) is 4.09. The molecular formula is C13H18ClNO3S. The summed E-state index contributed by atoms with van der Waals surface area (Å²) in [6.07, 6.45) is 1.40. The Balaban J connectivity index is 2.37. The maximum Gasteiger partial charge on any atom is 0.407 e. The van der Waals surface area contributed by atoms with Gasteiger partial charge in [0.1, 0.15) is 6.61 Å². The minimum atomic E-state index is -0.491. The molecule has 0 fully saturated rings.